The lowest BCUT2D eigenvalue weighted by Gasteiger charge is -2.44. The van der Waals surface area contributed by atoms with E-state index in [9.17, 15) is 0 Å². The van der Waals surface area contributed by atoms with Gasteiger partial charge in [-0.2, -0.15) is 0 Å². The lowest BCUT2D eigenvalue weighted by atomic mass is 9.86. The van der Waals surface area contributed by atoms with E-state index in [-0.39, 0.29) is 8.39 Å². The zero-order valence-corrected chi connectivity index (χ0v) is 23.4. The molecule has 0 N–H and O–H groups in total. The van der Waals surface area contributed by atoms with Crippen molar-refractivity contribution in [2.45, 2.75) is 35.6 Å². The molecule has 170 valence electrons. The Kier molecular flexibility index (Phi) is 9.56. The molecule has 0 radical (unpaired) electrons. The molecule has 4 heteroatoms. The third kappa shape index (κ3) is 5.22. The van der Waals surface area contributed by atoms with Crippen molar-refractivity contribution in [2.24, 2.45) is 0 Å². The van der Waals surface area contributed by atoms with Gasteiger partial charge in [0.2, 0.25) is 0 Å². The van der Waals surface area contributed by atoms with Crippen LogP contribution in [0.5, 0.6) is 0 Å². The van der Waals surface area contributed by atoms with Gasteiger partial charge in [0, 0.05) is 0 Å². The molecule has 1 unspecified atom stereocenters. The highest BCUT2D eigenvalue weighted by molar-refractivity contribution is 9.25. The van der Waals surface area contributed by atoms with Gasteiger partial charge in [-0.05, 0) is 48.6 Å². The predicted molar refractivity (Wildman–Crippen MR) is 150 cm³/mol. The molecule has 1 fully saturated rings. The molecule has 3 aromatic rings. The fourth-order valence-electron chi connectivity index (χ4n) is 4.66. The second-order valence-corrected chi connectivity index (χ2v) is 14.3. The molecule has 0 bridgehead atoms. The van der Waals surface area contributed by atoms with Crippen LogP contribution < -0.4 is 5.30 Å². The molecule has 1 aliphatic heterocycles. The van der Waals surface area contributed by atoms with Gasteiger partial charge in [0.1, 0.15) is 0 Å². The summed E-state index contributed by atoms with van der Waals surface area (Å²) in [5, 5.41) is 1.36. The maximum atomic E-state index is 4.11. The van der Waals surface area contributed by atoms with E-state index in [0.717, 1.165) is 6.42 Å². The van der Waals surface area contributed by atoms with Crippen LogP contribution in [0.4, 0.5) is 0 Å². The van der Waals surface area contributed by atoms with Crippen molar-refractivity contribution in [3.8, 4) is 0 Å². The zero-order chi connectivity index (χ0) is 23.0. The Hall–Kier alpha value is -0.990. The highest BCUT2D eigenvalue weighted by Crippen LogP contribution is 2.74. The highest BCUT2D eigenvalue weighted by atomic mass is 79.9. The van der Waals surface area contributed by atoms with Crippen LogP contribution in [-0.2, 0) is 5.16 Å². The van der Waals surface area contributed by atoms with E-state index in [2.05, 4.69) is 149 Å². The van der Waals surface area contributed by atoms with Gasteiger partial charge in [0.15, 0.2) is 0 Å². The predicted octanol–water partition coefficient (Wildman–Crippen LogP) is 7.98. The number of benzene rings is 3. The molecule has 0 amide bonds. The average Bonchev–Trinajstić information content (AvgIpc) is 3.14. The van der Waals surface area contributed by atoms with Crippen LogP contribution in [0.25, 0.3) is 0 Å². The van der Waals surface area contributed by atoms with E-state index >= 15 is 0 Å². The smallest absolute Gasteiger partial charge is 0.0987 e. The third-order valence-electron chi connectivity index (χ3n) is 6.38. The van der Waals surface area contributed by atoms with Crippen molar-refractivity contribution in [3.63, 3.8) is 0 Å². The van der Waals surface area contributed by atoms with E-state index in [0.29, 0.717) is 0 Å². The number of hydrogen-bond donors (Lipinski definition) is 0. The Bertz CT molecular complexity index is 882. The molecule has 4 rings (SSSR count). The quantitative estimate of drug-likeness (QED) is 0.213. The normalized spacial score (nSPS) is 18.8. The van der Waals surface area contributed by atoms with Crippen LogP contribution in [-0.4, -0.2) is 33.9 Å². The standard InChI is InChI=1S/C22H19Br2P.C6H15N/c23-21(24)16-17-25(20-14-8-3-9-15-20)22(21,18-10-4-1-5-11-18)19-12-6-2-7-13-19;1-4-7(5-2)6-3/h1-15H,16-17H2;4-6H2,1-3H3. The van der Waals surface area contributed by atoms with E-state index in [4.69, 9.17) is 0 Å². The summed E-state index contributed by atoms with van der Waals surface area (Å²) in [6, 6.07) is 33.0. The molecule has 0 saturated carbocycles. The number of rotatable bonds is 6. The van der Waals surface area contributed by atoms with Gasteiger partial charge < -0.3 is 4.90 Å². The summed E-state index contributed by atoms with van der Waals surface area (Å²) in [5.74, 6) is 0. The first-order valence-electron chi connectivity index (χ1n) is 11.5. The lowest BCUT2D eigenvalue weighted by Crippen LogP contribution is -2.39. The van der Waals surface area contributed by atoms with Crippen molar-refractivity contribution in [1.82, 2.24) is 4.90 Å². The molecule has 1 nitrogen and oxygen atoms in total. The van der Waals surface area contributed by atoms with E-state index in [1.54, 1.807) is 0 Å². The van der Waals surface area contributed by atoms with Gasteiger partial charge >= 0.3 is 0 Å². The second-order valence-electron chi connectivity index (χ2n) is 8.00. The molecule has 1 heterocycles. The van der Waals surface area contributed by atoms with Crippen molar-refractivity contribution in [2.75, 3.05) is 25.8 Å². The minimum absolute atomic E-state index is 0.105. The summed E-state index contributed by atoms with van der Waals surface area (Å²) < 4.78 is -0.156. The second kappa shape index (κ2) is 11.9. The molecule has 1 aliphatic rings. The van der Waals surface area contributed by atoms with Crippen LogP contribution in [0.2, 0.25) is 0 Å². The fraction of sp³-hybridized carbons (Fsp3) is 0.357. The number of hydrogen-bond acceptors (Lipinski definition) is 1. The Balaban J connectivity index is 0.000000360. The molecular weight excluding hydrogens is 541 g/mol. The van der Waals surface area contributed by atoms with Crippen LogP contribution >= 0.6 is 39.8 Å². The summed E-state index contributed by atoms with van der Waals surface area (Å²) in [6.45, 7) is 10.1. The maximum absolute atomic E-state index is 4.11. The summed E-state index contributed by atoms with van der Waals surface area (Å²) in [4.78, 5) is 2.38. The average molecular weight is 575 g/mol. The van der Waals surface area contributed by atoms with E-state index < -0.39 is 7.92 Å². The Labute approximate surface area is 212 Å². The van der Waals surface area contributed by atoms with Crippen LogP contribution in [0.15, 0.2) is 91.0 Å². The van der Waals surface area contributed by atoms with Crippen molar-refractivity contribution in [1.29, 1.82) is 0 Å². The van der Waals surface area contributed by atoms with E-state index in [1.807, 2.05) is 0 Å². The van der Waals surface area contributed by atoms with Crippen molar-refractivity contribution in [3.05, 3.63) is 102 Å². The molecule has 0 aromatic heterocycles. The third-order valence-corrected chi connectivity index (χ3v) is 12.3. The number of nitrogens with zero attached hydrogens (tertiary/aromatic N) is 1. The topological polar surface area (TPSA) is 3.24 Å². The van der Waals surface area contributed by atoms with E-state index in [1.165, 1.54) is 42.2 Å². The van der Waals surface area contributed by atoms with Gasteiger partial charge in [0.05, 0.1) is 8.39 Å². The summed E-state index contributed by atoms with van der Waals surface area (Å²) in [7, 11) is -0.422. The van der Waals surface area contributed by atoms with Crippen LogP contribution in [0, 0.1) is 0 Å². The van der Waals surface area contributed by atoms with Crippen molar-refractivity contribution >= 4 is 45.1 Å². The minimum atomic E-state index is -0.422. The monoisotopic (exact) mass is 573 g/mol. The summed E-state index contributed by atoms with van der Waals surface area (Å²) >= 11 is 8.22. The Morgan fingerprint density at radius 1 is 0.688 bits per heavy atom. The molecule has 3 aromatic carbocycles. The van der Waals surface area contributed by atoms with Crippen molar-refractivity contribution < 1.29 is 0 Å². The zero-order valence-electron chi connectivity index (χ0n) is 19.3. The maximum Gasteiger partial charge on any atom is 0.0987 e. The Morgan fingerprint density at radius 2 is 1.09 bits per heavy atom. The first-order valence-corrected chi connectivity index (χ1v) is 14.7. The minimum Gasteiger partial charge on any atom is -0.304 e. The fourth-order valence-corrected chi connectivity index (χ4v) is 11.4. The Morgan fingerprint density at radius 3 is 1.47 bits per heavy atom. The first kappa shape index (κ1) is 25.6. The largest absolute Gasteiger partial charge is 0.304 e. The van der Waals surface area contributed by atoms with Crippen LogP contribution in [0.1, 0.15) is 38.3 Å². The number of alkyl halides is 2. The number of halogens is 2. The van der Waals surface area contributed by atoms with Gasteiger partial charge in [-0.25, -0.2) is 0 Å². The molecule has 1 atom stereocenters. The molecule has 0 spiro atoms. The molecular formula is C28H34Br2NP. The molecule has 0 aliphatic carbocycles. The van der Waals surface area contributed by atoms with Crippen LogP contribution in [0.3, 0.4) is 0 Å². The van der Waals surface area contributed by atoms with Gasteiger partial charge in [-0.3, -0.25) is 0 Å². The highest BCUT2D eigenvalue weighted by Gasteiger charge is 2.60. The first-order chi connectivity index (χ1) is 15.5. The lowest BCUT2D eigenvalue weighted by molar-refractivity contribution is 0.321. The summed E-state index contributed by atoms with van der Waals surface area (Å²) in [6.07, 6.45) is 2.29. The van der Waals surface area contributed by atoms with Gasteiger partial charge in [0.25, 0.3) is 0 Å². The molecule has 32 heavy (non-hydrogen) atoms. The SMILES string of the molecule is BrC1(Br)CCP(c2ccccc2)C1(c1ccccc1)c1ccccc1.CCN(CC)CC. The summed E-state index contributed by atoms with van der Waals surface area (Å²) in [5.41, 5.74) is 2.75. The van der Waals surface area contributed by atoms with Gasteiger partial charge in [-0.15, -0.1) is 0 Å². The van der Waals surface area contributed by atoms with Gasteiger partial charge in [-0.1, -0.05) is 152 Å². The molecule has 1 saturated heterocycles.